The molecule has 0 spiro atoms. The predicted molar refractivity (Wildman–Crippen MR) is 75.8 cm³/mol. The first kappa shape index (κ1) is 11.7. The van der Waals surface area contributed by atoms with E-state index in [0.717, 1.165) is 11.6 Å². The maximum atomic E-state index is 4.38. The lowest BCUT2D eigenvalue weighted by Crippen LogP contribution is -2.30. The van der Waals surface area contributed by atoms with Gasteiger partial charge >= 0.3 is 0 Å². The first-order chi connectivity index (χ1) is 8.81. The van der Waals surface area contributed by atoms with Crippen molar-refractivity contribution in [1.82, 2.24) is 10.3 Å². The Morgan fingerprint density at radius 3 is 3.06 bits per heavy atom. The normalized spacial score (nSPS) is 20.2. The summed E-state index contributed by atoms with van der Waals surface area (Å²) < 4.78 is 0. The van der Waals surface area contributed by atoms with Gasteiger partial charge < -0.3 is 5.32 Å². The van der Waals surface area contributed by atoms with Gasteiger partial charge in [-0.2, -0.15) is 0 Å². The Hall–Kier alpha value is -1.41. The van der Waals surface area contributed by atoms with Crippen LogP contribution >= 0.6 is 0 Å². The molecule has 2 aromatic rings. The highest BCUT2D eigenvalue weighted by atomic mass is 14.9. The summed E-state index contributed by atoms with van der Waals surface area (Å²) >= 11 is 0. The molecule has 0 bridgehead atoms. The van der Waals surface area contributed by atoms with Crippen LogP contribution in [0.15, 0.2) is 30.5 Å². The average Bonchev–Trinajstić information content (AvgIpc) is 2.40. The van der Waals surface area contributed by atoms with Crippen LogP contribution in [0, 0.1) is 12.8 Å². The summed E-state index contributed by atoms with van der Waals surface area (Å²) in [7, 11) is 0. The zero-order valence-electron chi connectivity index (χ0n) is 10.9. The zero-order chi connectivity index (χ0) is 12.4. The summed E-state index contributed by atoms with van der Waals surface area (Å²) in [5, 5.41) is 6.05. The van der Waals surface area contributed by atoms with Crippen molar-refractivity contribution >= 4 is 10.8 Å². The van der Waals surface area contributed by atoms with Crippen LogP contribution < -0.4 is 5.32 Å². The first-order valence-electron chi connectivity index (χ1n) is 6.87. The van der Waals surface area contributed by atoms with Crippen LogP contribution in [-0.2, 0) is 6.42 Å². The van der Waals surface area contributed by atoms with E-state index in [1.807, 2.05) is 13.1 Å². The molecule has 1 N–H and O–H groups in total. The summed E-state index contributed by atoms with van der Waals surface area (Å²) in [6.07, 6.45) is 5.86. The fraction of sp³-hybridized carbons (Fsp3) is 0.438. The van der Waals surface area contributed by atoms with Crippen LogP contribution in [0.1, 0.15) is 24.1 Å². The monoisotopic (exact) mass is 240 g/mol. The van der Waals surface area contributed by atoms with Gasteiger partial charge in [-0.1, -0.05) is 12.1 Å². The van der Waals surface area contributed by atoms with Crippen molar-refractivity contribution in [2.24, 2.45) is 5.92 Å². The Bertz CT molecular complexity index is 542. The van der Waals surface area contributed by atoms with E-state index in [1.165, 1.54) is 48.7 Å². The van der Waals surface area contributed by atoms with Crippen LogP contribution in [0.25, 0.3) is 10.8 Å². The number of benzene rings is 1. The molecule has 0 saturated carbocycles. The molecule has 1 aromatic carbocycles. The fourth-order valence-corrected chi connectivity index (χ4v) is 2.86. The zero-order valence-corrected chi connectivity index (χ0v) is 10.9. The van der Waals surface area contributed by atoms with Crippen molar-refractivity contribution in [2.75, 3.05) is 13.1 Å². The van der Waals surface area contributed by atoms with Gasteiger partial charge in [0.15, 0.2) is 0 Å². The highest BCUT2D eigenvalue weighted by Crippen LogP contribution is 2.20. The number of hydrogen-bond acceptors (Lipinski definition) is 2. The van der Waals surface area contributed by atoms with Crippen molar-refractivity contribution in [3.63, 3.8) is 0 Å². The van der Waals surface area contributed by atoms with E-state index in [1.54, 1.807) is 0 Å². The van der Waals surface area contributed by atoms with Crippen molar-refractivity contribution in [3.8, 4) is 0 Å². The Morgan fingerprint density at radius 1 is 1.28 bits per heavy atom. The fourth-order valence-electron chi connectivity index (χ4n) is 2.86. The lowest BCUT2D eigenvalue weighted by molar-refractivity contribution is 0.376. The molecular weight excluding hydrogens is 220 g/mol. The van der Waals surface area contributed by atoms with Crippen molar-refractivity contribution in [3.05, 3.63) is 41.7 Å². The van der Waals surface area contributed by atoms with Gasteiger partial charge in [0, 0.05) is 17.3 Å². The molecule has 0 aliphatic carbocycles. The predicted octanol–water partition coefficient (Wildman–Crippen LogP) is 3.09. The molecule has 94 valence electrons. The Kier molecular flexibility index (Phi) is 3.28. The molecule has 1 saturated heterocycles. The number of piperidine rings is 1. The van der Waals surface area contributed by atoms with Gasteiger partial charge in [0.05, 0.1) is 0 Å². The minimum atomic E-state index is 0.801. The van der Waals surface area contributed by atoms with Crippen molar-refractivity contribution < 1.29 is 0 Å². The first-order valence-corrected chi connectivity index (χ1v) is 6.87. The number of pyridine rings is 1. The molecular formula is C16H20N2. The Morgan fingerprint density at radius 2 is 2.22 bits per heavy atom. The minimum Gasteiger partial charge on any atom is -0.316 e. The van der Waals surface area contributed by atoms with E-state index >= 15 is 0 Å². The molecule has 18 heavy (non-hydrogen) atoms. The standard InChI is InChI=1S/C16H20N2/c1-12-7-15-5-4-13(9-16(15)11-18-12)8-14-3-2-6-17-10-14/h4-5,7,9,11,14,17H,2-3,6,8,10H2,1H3. The Balaban J connectivity index is 1.82. The Labute approximate surface area is 108 Å². The van der Waals surface area contributed by atoms with E-state index in [4.69, 9.17) is 0 Å². The molecule has 2 heterocycles. The number of nitrogens with zero attached hydrogens (tertiary/aromatic N) is 1. The number of hydrogen-bond donors (Lipinski definition) is 1. The third-order valence-corrected chi connectivity index (χ3v) is 3.85. The third kappa shape index (κ3) is 2.54. The quantitative estimate of drug-likeness (QED) is 0.872. The number of nitrogens with one attached hydrogen (secondary N) is 1. The number of aromatic nitrogens is 1. The van der Waals surface area contributed by atoms with Gasteiger partial charge in [0.25, 0.3) is 0 Å². The molecule has 2 nitrogen and oxygen atoms in total. The molecule has 1 aliphatic heterocycles. The van der Waals surface area contributed by atoms with E-state index in [9.17, 15) is 0 Å². The summed E-state index contributed by atoms with van der Waals surface area (Å²) in [4.78, 5) is 4.38. The maximum absolute atomic E-state index is 4.38. The van der Waals surface area contributed by atoms with Gasteiger partial charge in [-0.15, -0.1) is 0 Å². The molecule has 0 amide bonds. The smallest absolute Gasteiger partial charge is 0.0379 e. The van der Waals surface area contributed by atoms with Crippen LogP contribution in [0.4, 0.5) is 0 Å². The maximum Gasteiger partial charge on any atom is 0.0379 e. The van der Waals surface area contributed by atoms with Gasteiger partial charge in [-0.05, 0) is 68.3 Å². The van der Waals surface area contributed by atoms with Gasteiger partial charge in [-0.3, -0.25) is 4.98 Å². The summed E-state index contributed by atoms with van der Waals surface area (Å²) in [5.41, 5.74) is 2.54. The largest absolute Gasteiger partial charge is 0.316 e. The van der Waals surface area contributed by atoms with Crippen LogP contribution in [-0.4, -0.2) is 18.1 Å². The molecule has 0 radical (unpaired) electrons. The topological polar surface area (TPSA) is 24.9 Å². The van der Waals surface area contributed by atoms with E-state index in [0.29, 0.717) is 0 Å². The molecule has 3 rings (SSSR count). The molecule has 1 aliphatic rings. The van der Waals surface area contributed by atoms with Crippen LogP contribution in [0.5, 0.6) is 0 Å². The van der Waals surface area contributed by atoms with Crippen molar-refractivity contribution in [1.29, 1.82) is 0 Å². The molecule has 1 atom stereocenters. The minimum absolute atomic E-state index is 0.801. The lowest BCUT2D eigenvalue weighted by atomic mass is 9.91. The second-order valence-corrected chi connectivity index (χ2v) is 5.42. The van der Waals surface area contributed by atoms with E-state index in [-0.39, 0.29) is 0 Å². The van der Waals surface area contributed by atoms with E-state index < -0.39 is 0 Å². The lowest BCUT2D eigenvalue weighted by Gasteiger charge is -2.22. The second-order valence-electron chi connectivity index (χ2n) is 5.42. The third-order valence-electron chi connectivity index (χ3n) is 3.85. The second kappa shape index (κ2) is 5.07. The van der Waals surface area contributed by atoms with Crippen LogP contribution in [0.2, 0.25) is 0 Å². The van der Waals surface area contributed by atoms with Crippen LogP contribution in [0.3, 0.4) is 0 Å². The van der Waals surface area contributed by atoms with E-state index in [2.05, 4.69) is 34.6 Å². The average molecular weight is 240 g/mol. The number of fused-ring (bicyclic) bond motifs is 1. The highest BCUT2D eigenvalue weighted by Gasteiger charge is 2.13. The summed E-state index contributed by atoms with van der Waals surface area (Å²) in [6, 6.07) is 8.96. The van der Waals surface area contributed by atoms with Gasteiger partial charge in [-0.25, -0.2) is 0 Å². The number of aryl methyl sites for hydroxylation is 1. The summed E-state index contributed by atoms with van der Waals surface area (Å²) in [5.74, 6) is 0.801. The van der Waals surface area contributed by atoms with Gasteiger partial charge in [0.2, 0.25) is 0 Å². The van der Waals surface area contributed by atoms with Gasteiger partial charge in [0.1, 0.15) is 0 Å². The molecule has 1 aromatic heterocycles. The summed E-state index contributed by atoms with van der Waals surface area (Å²) in [6.45, 7) is 4.41. The molecule has 1 unspecified atom stereocenters. The molecule has 1 fully saturated rings. The van der Waals surface area contributed by atoms with Crippen molar-refractivity contribution in [2.45, 2.75) is 26.2 Å². The highest BCUT2D eigenvalue weighted by molar-refractivity contribution is 5.82. The molecule has 2 heteroatoms. The number of rotatable bonds is 2. The SMILES string of the molecule is Cc1cc2ccc(CC3CCCNC3)cc2cn1.